The summed E-state index contributed by atoms with van der Waals surface area (Å²) in [5.41, 5.74) is 0. The maximum atomic E-state index is 3.82. The fraction of sp³-hybridized carbons (Fsp3) is 0.625. The van der Waals surface area contributed by atoms with Crippen LogP contribution in [0.15, 0.2) is 38.0 Å². The Morgan fingerprint density at radius 2 is 1.00 bits per heavy atom. The maximum Gasteiger partial charge on any atom is 0.0106 e. The topological polar surface area (TPSA) is 0 Å². The molecule has 0 amide bonds. The Labute approximate surface area is 111 Å². The summed E-state index contributed by atoms with van der Waals surface area (Å²) in [4.78, 5) is 0. The van der Waals surface area contributed by atoms with Crippen LogP contribution in [0.5, 0.6) is 0 Å². The molecule has 0 saturated heterocycles. The monoisotopic (exact) mass is 250 g/mol. The molecule has 0 saturated carbocycles. The summed E-state index contributed by atoms with van der Waals surface area (Å²) in [5.74, 6) is 0. The number of hydrogen-bond acceptors (Lipinski definition) is 0. The van der Waals surface area contributed by atoms with Gasteiger partial charge in [0.05, 0.1) is 0 Å². The maximum absolute atomic E-state index is 3.82. The van der Waals surface area contributed by atoms with Gasteiger partial charge in [0.25, 0.3) is 0 Å². The largest absolute Gasteiger partial charge is 0.103 e. The fourth-order valence-corrected chi connectivity index (χ4v) is 3.46. The van der Waals surface area contributed by atoms with Crippen LogP contribution in [0, 0.1) is 0 Å². The van der Waals surface area contributed by atoms with Gasteiger partial charge in [-0.1, -0.05) is 37.5 Å². The summed E-state index contributed by atoms with van der Waals surface area (Å²) in [6.45, 7) is 11.4. The van der Waals surface area contributed by atoms with Gasteiger partial charge in [-0.2, -0.15) is 0 Å². The molecule has 1 heteroatoms. The van der Waals surface area contributed by atoms with Crippen LogP contribution in [0.1, 0.15) is 57.8 Å². The summed E-state index contributed by atoms with van der Waals surface area (Å²) in [7, 11) is 1.32. The van der Waals surface area contributed by atoms with E-state index in [9.17, 15) is 0 Å². The second-order valence-corrected chi connectivity index (χ2v) is 7.47. The molecule has 0 spiro atoms. The van der Waals surface area contributed by atoms with Gasteiger partial charge in [-0.25, -0.2) is 0 Å². The number of allylic oxidation sites excluding steroid dienone is 3. The molecule has 0 atom stereocenters. The summed E-state index contributed by atoms with van der Waals surface area (Å²) in [5, 5.41) is 0.648. The molecular weight excluding hydrogens is 220 g/mol. The average molecular weight is 251 g/mol. The highest BCUT2D eigenvalue weighted by Gasteiger charge is 2.22. The van der Waals surface area contributed by atoms with Crippen molar-refractivity contribution in [1.82, 2.24) is 0 Å². The zero-order valence-corrected chi connectivity index (χ0v) is 13.7. The van der Waals surface area contributed by atoms with Gasteiger partial charge in [-0.3, -0.25) is 0 Å². The molecule has 0 aromatic rings. The van der Waals surface area contributed by atoms with E-state index in [1.165, 1.54) is 68.0 Å². The zero-order valence-electron chi connectivity index (χ0n) is 11.7. The summed E-state index contributed by atoms with van der Waals surface area (Å²) < 4.78 is 0. The molecule has 0 unspecified atom stereocenters. The predicted molar refractivity (Wildman–Crippen MR) is 84.8 cm³/mol. The number of unbranched alkanes of at least 4 members (excludes halogenated alkanes) is 3. The minimum atomic E-state index is 0.648. The van der Waals surface area contributed by atoms with Gasteiger partial charge in [0.2, 0.25) is 0 Å². The van der Waals surface area contributed by atoms with Gasteiger partial charge in [0, 0.05) is 10.2 Å². The van der Waals surface area contributed by atoms with E-state index in [1.807, 2.05) is 0 Å². The third-order valence-corrected chi connectivity index (χ3v) is 5.07. The van der Waals surface area contributed by atoms with Crippen molar-refractivity contribution in [1.29, 1.82) is 0 Å². The van der Waals surface area contributed by atoms with Crippen LogP contribution in [0.4, 0.5) is 0 Å². The zero-order chi connectivity index (χ0) is 13.0. The highest BCUT2D eigenvalue weighted by molar-refractivity contribution is 6.15. The van der Waals surface area contributed by atoms with E-state index in [0.29, 0.717) is 5.04 Å². The van der Waals surface area contributed by atoms with Gasteiger partial charge in [-0.05, 0) is 43.6 Å². The molecule has 0 N–H and O–H groups in total. The summed E-state index contributed by atoms with van der Waals surface area (Å²) in [6.07, 6.45) is 17.8. The van der Waals surface area contributed by atoms with Crippen molar-refractivity contribution < 1.29 is 0 Å². The van der Waals surface area contributed by atoms with Gasteiger partial charge in [0.1, 0.15) is 0 Å². The Bertz CT molecular complexity index is 182. The molecule has 0 aliphatic rings. The van der Waals surface area contributed by atoms with Crippen LogP contribution in [0.3, 0.4) is 0 Å². The molecule has 0 fully saturated rings. The first-order valence-corrected chi connectivity index (χ1v) is 8.01. The van der Waals surface area contributed by atoms with Crippen LogP contribution in [-0.2, 0) is 0 Å². The van der Waals surface area contributed by atoms with E-state index in [1.54, 1.807) is 0 Å². The Morgan fingerprint density at radius 1 is 0.706 bits per heavy atom. The van der Waals surface area contributed by atoms with E-state index in [0.717, 1.165) is 0 Å². The average Bonchev–Trinajstić information content (AvgIpc) is 2.30. The molecule has 0 nitrogen and oxygen atoms in total. The second kappa shape index (κ2) is 10.6. The lowest BCUT2D eigenvalue weighted by molar-refractivity contribution is 0.413. The minimum Gasteiger partial charge on any atom is -0.103 e. The lowest BCUT2D eigenvalue weighted by Gasteiger charge is -2.29. The van der Waals surface area contributed by atoms with Gasteiger partial charge in [-0.15, -0.1) is 19.7 Å². The molecule has 0 radical (unpaired) electrons. The molecule has 0 aliphatic carbocycles. The SMILES string of the molecule is C=CCCCC([SiH3])(CCCC=C)CCCC=C. The molecule has 98 valence electrons. The first-order chi connectivity index (χ1) is 8.18. The molecule has 0 aliphatic heterocycles. The molecule has 0 heterocycles. The molecule has 0 aromatic carbocycles. The van der Waals surface area contributed by atoms with Crippen LogP contribution >= 0.6 is 0 Å². The molecule has 0 rings (SSSR count). The second-order valence-electron chi connectivity index (χ2n) is 5.35. The summed E-state index contributed by atoms with van der Waals surface area (Å²) >= 11 is 0. The standard InChI is InChI=1S/C16H30Si/c1-4-7-10-13-16(17,14-11-8-5-2)15-12-9-6-3/h4-6H,1-3,7-15H2,17H3. The quantitative estimate of drug-likeness (QED) is 0.270. The van der Waals surface area contributed by atoms with Crippen molar-refractivity contribution in [2.75, 3.05) is 0 Å². The Morgan fingerprint density at radius 3 is 1.24 bits per heavy atom. The first-order valence-electron chi connectivity index (χ1n) is 7.01. The van der Waals surface area contributed by atoms with Gasteiger partial charge < -0.3 is 0 Å². The van der Waals surface area contributed by atoms with Crippen molar-refractivity contribution in [3.05, 3.63) is 38.0 Å². The van der Waals surface area contributed by atoms with Crippen molar-refractivity contribution in [3.63, 3.8) is 0 Å². The Balaban J connectivity index is 4.07. The molecular formula is C16H30Si. The fourth-order valence-electron chi connectivity index (χ4n) is 2.39. The van der Waals surface area contributed by atoms with Crippen LogP contribution in [-0.4, -0.2) is 10.2 Å². The van der Waals surface area contributed by atoms with Crippen LogP contribution < -0.4 is 0 Å². The van der Waals surface area contributed by atoms with Crippen LogP contribution in [0.25, 0.3) is 0 Å². The van der Waals surface area contributed by atoms with E-state index < -0.39 is 0 Å². The lowest BCUT2D eigenvalue weighted by Crippen LogP contribution is -2.13. The van der Waals surface area contributed by atoms with Gasteiger partial charge >= 0.3 is 0 Å². The van der Waals surface area contributed by atoms with Crippen molar-refractivity contribution >= 4 is 10.2 Å². The summed E-state index contributed by atoms with van der Waals surface area (Å²) in [6, 6.07) is 0. The van der Waals surface area contributed by atoms with Crippen molar-refractivity contribution in [2.45, 2.75) is 62.8 Å². The van der Waals surface area contributed by atoms with E-state index in [-0.39, 0.29) is 0 Å². The van der Waals surface area contributed by atoms with E-state index >= 15 is 0 Å². The molecule has 0 aromatic heterocycles. The number of hydrogen-bond donors (Lipinski definition) is 0. The smallest absolute Gasteiger partial charge is 0.0106 e. The Kier molecular flexibility index (Phi) is 10.2. The lowest BCUT2D eigenvalue weighted by atomic mass is 9.89. The highest BCUT2D eigenvalue weighted by Crippen LogP contribution is 2.40. The third kappa shape index (κ3) is 9.17. The van der Waals surface area contributed by atoms with E-state index in [4.69, 9.17) is 0 Å². The van der Waals surface area contributed by atoms with Gasteiger partial charge in [0.15, 0.2) is 0 Å². The minimum absolute atomic E-state index is 0.648. The Hall–Kier alpha value is -0.563. The van der Waals surface area contributed by atoms with Crippen molar-refractivity contribution in [2.24, 2.45) is 0 Å². The van der Waals surface area contributed by atoms with E-state index in [2.05, 4.69) is 38.0 Å². The molecule has 0 bridgehead atoms. The third-order valence-electron chi connectivity index (χ3n) is 3.57. The highest BCUT2D eigenvalue weighted by atomic mass is 28.1. The predicted octanol–water partition coefficient (Wildman–Crippen LogP) is 4.58. The van der Waals surface area contributed by atoms with Crippen LogP contribution in [0.2, 0.25) is 5.04 Å². The first kappa shape index (κ1) is 16.4. The normalized spacial score (nSPS) is 11.3. The number of rotatable bonds is 12. The van der Waals surface area contributed by atoms with Crippen molar-refractivity contribution in [3.8, 4) is 0 Å². The molecule has 17 heavy (non-hydrogen) atoms.